The maximum absolute atomic E-state index is 12.9. The highest BCUT2D eigenvalue weighted by Crippen LogP contribution is 2.25. The number of aromatic nitrogens is 5. The summed E-state index contributed by atoms with van der Waals surface area (Å²) in [6.45, 7) is 1.89. The molecule has 0 aliphatic rings. The fraction of sp³-hybridized carbons (Fsp3) is 0.0588. The Bertz CT molecular complexity index is 1150. The zero-order chi connectivity index (χ0) is 17.4. The van der Waals surface area contributed by atoms with Crippen LogP contribution in [-0.2, 0) is 9.84 Å². The quantitative estimate of drug-likeness (QED) is 0.526. The summed E-state index contributed by atoms with van der Waals surface area (Å²) in [6.07, 6.45) is 1.21. The molecule has 4 aromatic rings. The smallest absolute Gasteiger partial charge is 0.222 e. The van der Waals surface area contributed by atoms with E-state index in [1.807, 2.05) is 37.3 Å². The molecule has 4 rings (SSSR count). The van der Waals surface area contributed by atoms with Crippen LogP contribution in [0, 0.1) is 6.92 Å². The third-order valence-corrected chi connectivity index (χ3v) is 5.49. The number of rotatable bonds is 3. The standard InChI is InChI=1S/C17H13N5O2S/c1-12-7-9-14(10-8-12)25(23,24)17-15-16(18-11-19-17)22(21-20-15)13-5-3-2-4-6-13/h2-11H,1H3. The van der Waals surface area contributed by atoms with Gasteiger partial charge in [0.1, 0.15) is 6.33 Å². The van der Waals surface area contributed by atoms with Crippen LogP contribution in [0.25, 0.3) is 16.9 Å². The van der Waals surface area contributed by atoms with E-state index in [0.29, 0.717) is 5.65 Å². The molecule has 2 aromatic heterocycles. The van der Waals surface area contributed by atoms with Gasteiger partial charge in [0.15, 0.2) is 16.2 Å². The van der Waals surface area contributed by atoms with Gasteiger partial charge >= 0.3 is 0 Å². The summed E-state index contributed by atoms with van der Waals surface area (Å²) in [7, 11) is -3.82. The van der Waals surface area contributed by atoms with Crippen LogP contribution in [-0.4, -0.2) is 33.4 Å². The van der Waals surface area contributed by atoms with Gasteiger partial charge in [-0.2, -0.15) is 4.68 Å². The second kappa shape index (κ2) is 5.75. The van der Waals surface area contributed by atoms with Crippen LogP contribution in [0.5, 0.6) is 0 Å². The minimum Gasteiger partial charge on any atom is -0.222 e. The molecule has 0 atom stereocenters. The van der Waals surface area contributed by atoms with Crippen LogP contribution in [0.1, 0.15) is 5.56 Å². The minimum atomic E-state index is -3.82. The van der Waals surface area contributed by atoms with E-state index in [1.165, 1.54) is 11.0 Å². The third-order valence-electron chi connectivity index (χ3n) is 3.79. The van der Waals surface area contributed by atoms with E-state index in [1.54, 1.807) is 24.3 Å². The van der Waals surface area contributed by atoms with Gasteiger partial charge in [-0.25, -0.2) is 18.4 Å². The van der Waals surface area contributed by atoms with Crippen LogP contribution in [0.15, 0.2) is 70.8 Å². The van der Waals surface area contributed by atoms with Gasteiger partial charge in [-0.15, -0.1) is 5.10 Å². The molecule has 0 amide bonds. The van der Waals surface area contributed by atoms with Gasteiger partial charge in [-0.3, -0.25) is 0 Å². The molecule has 7 nitrogen and oxygen atoms in total. The lowest BCUT2D eigenvalue weighted by molar-refractivity contribution is 0.593. The summed E-state index contributed by atoms with van der Waals surface area (Å²) in [4.78, 5) is 8.29. The van der Waals surface area contributed by atoms with Gasteiger partial charge in [0.2, 0.25) is 9.84 Å². The molecule has 124 valence electrons. The number of benzene rings is 2. The Morgan fingerprint density at radius 3 is 2.36 bits per heavy atom. The highest BCUT2D eigenvalue weighted by atomic mass is 32.2. The van der Waals surface area contributed by atoms with Crippen molar-refractivity contribution in [3.05, 3.63) is 66.5 Å². The van der Waals surface area contributed by atoms with Crippen molar-refractivity contribution in [2.24, 2.45) is 0 Å². The first kappa shape index (κ1) is 15.4. The molecule has 2 aromatic carbocycles. The van der Waals surface area contributed by atoms with Gasteiger partial charge in [-0.05, 0) is 31.2 Å². The lowest BCUT2D eigenvalue weighted by atomic mass is 10.2. The molecule has 8 heteroatoms. The molecule has 0 aliphatic carbocycles. The van der Waals surface area contributed by atoms with E-state index in [-0.39, 0.29) is 15.4 Å². The van der Waals surface area contributed by atoms with Crippen molar-refractivity contribution in [1.29, 1.82) is 0 Å². The molecule has 0 unspecified atom stereocenters. The van der Waals surface area contributed by atoms with Crippen molar-refractivity contribution in [2.75, 3.05) is 0 Å². The third kappa shape index (κ3) is 2.56. The Morgan fingerprint density at radius 1 is 0.920 bits per heavy atom. The summed E-state index contributed by atoms with van der Waals surface area (Å²) in [5.74, 6) is 0. The molecule has 0 saturated heterocycles. The summed E-state index contributed by atoms with van der Waals surface area (Å²) < 4.78 is 27.4. The number of hydrogen-bond donors (Lipinski definition) is 0. The topological polar surface area (TPSA) is 90.6 Å². The predicted octanol–water partition coefficient (Wildman–Crippen LogP) is 2.35. The van der Waals surface area contributed by atoms with Crippen LogP contribution < -0.4 is 0 Å². The monoisotopic (exact) mass is 351 g/mol. The van der Waals surface area contributed by atoms with Gasteiger partial charge in [0.05, 0.1) is 10.6 Å². The van der Waals surface area contributed by atoms with Crippen molar-refractivity contribution in [1.82, 2.24) is 25.0 Å². The lowest BCUT2D eigenvalue weighted by Gasteiger charge is -2.05. The highest BCUT2D eigenvalue weighted by Gasteiger charge is 2.25. The second-order valence-electron chi connectivity index (χ2n) is 5.50. The van der Waals surface area contributed by atoms with E-state index in [9.17, 15) is 8.42 Å². The Balaban J connectivity index is 1.92. The van der Waals surface area contributed by atoms with Crippen molar-refractivity contribution in [2.45, 2.75) is 16.8 Å². The van der Waals surface area contributed by atoms with Crippen molar-refractivity contribution >= 4 is 21.0 Å². The first-order valence-electron chi connectivity index (χ1n) is 7.51. The van der Waals surface area contributed by atoms with E-state index in [2.05, 4.69) is 20.3 Å². The molecule has 0 saturated carbocycles. The molecule has 0 bridgehead atoms. The molecule has 25 heavy (non-hydrogen) atoms. The first-order valence-corrected chi connectivity index (χ1v) is 8.99. The van der Waals surface area contributed by atoms with Crippen molar-refractivity contribution < 1.29 is 8.42 Å². The summed E-state index contributed by atoms with van der Waals surface area (Å²) in [6, 6.07) is 15.9. The van der Waals surface area contributed by atoms with Gasteiger partial charge < -0.3 is 0 Å². The zero-order valence-corrected chi connectivity index (χ0v) is 14.1. The van der Waals surface area contributed by atoms with Gasteiger partial charge in [-0.1, -0.05) is 41.1 Å². The van der Waals surface area contributed by atoms with Crippen LogP contribution in [0.4, 0.5) is 0 Å². The Morgan fingerprint density at radius 2 is 1.64 bits per heavy atom. The number of aryl methyl sites for hydroxylation is 1. The minimum absolute atomic E-state index is 0.145. The fourth-order valence-electron chi connectivity index (χ4n) is 2.50. The highest BCUT2D eigenvalue weighted by molar-refractivity contribution is 7.91. The first-order chi connectivity index (χ1) is 12.1. The molecular weight excluding hydrogens is 338 g/mol. The number of nitrogens with zero attached hydrogens (tertiary/aromatic N) is 5. The van der Waals surface area contributed by atoms with Gasteiger partial charge in [0, 0.05) is 0 Å². The fourth-order valence-corrected chi connectivity index (χ4v) is 3.79. The maximum Gasteiger partial charge on any atom is 0.226 e. The normalized spacial score (nSPS) is 11.7. The summed E-state index contributed by atoms with van der Waals surface area (Å²) in [5, 5.41) is 7.91. The molecule has 0 aliphatic heterocycles. The van der Waals surface area contributed by atoms with Crippen molar-refractivity contribution in [3.63, 3.8) is 0 Å². The predicted molar refractivity (Wildman–Crippen MR) is 91.1 cm³/mol. The van der Waals surface area contributed by atoms with Crippen LogP contribution in [0.3, 0.4) is 0 Å². The molecule has 0 N–H and O–H groups in total. The largest absolute Gasteiger partial charge is 0.226 e. The van der Waals surface area contributed by atoms with E-state index in [0.717, 1.165) is 11.3 Å². The zero-order valence-electron chi connectivity index (χ0n) is 13.2. The maximum atomic E-state index is 12.9. The number of hydrogen-bond acceptors (Lipinski definition) is 6. The lowest BCUT2D eigenvalue weighted by Crippen LogP contribution is -2.06. The van der Waals surface area contributed by atoms with E-state index in [4.69, 9.17) is 0 Å². The Kier molecular flexibility index (Phi) is 3.54. The Hall–Kier alpha value is -3.13. The molecule has 2 heterocycles. The molecular formula is C17H13N5O2S. The van der Waals surface area contributed by atoms with Crippen molar-refractivity contribution in [3.8, 4) is 5.69 Å². The van der Waals surface area contributed by atoms with Crippen LogP contribution >= 0.6 is 0 Å². The summed E-state index contributed by atoms with van der Waals surface area (Å²) in [5.41, 5.74) is 2.20. The number of sulfone groups is 1. The molecule has 0 radical (unpaired) electrons. The molecule has 0 fully saturated rings. The van der Waals surface area contributed by atoms with E-state index >= 15 is 0 Å². The SMILES string of the molecule is Cc1ccc(S(=O)(=O)c2ncnc3c2nnn3-c2ccccc2)cc1. The Labute approximate surface area is 143 Å². The number of para-hydroxylation sites is 1. The molecule has 0 spiro atoms. The second-order valence-corrected chi connectivity index (χ2v) is 7.37. The average Bonchev–Trinajstić information content (AvgIpc) is 3.07. The average molecular weight is 351 g/mol. The van der Waals surface area contributed by atoms with Crippen LogP contribution in [0.2, 0.25) is 0 Å². The van der Waals surface area contributed by atoms with Gasteiger partial charge in [0.25, 0.3) is 0 Å². The van der Waals surface area contributed by atoms with E-state index < -0.39 is 9.84 Å². The number of fused-ring (bicyclic) bond motifs is 1. The summed E-state index contributed by atoms with van der Waals surface area (Å²) >= 11 is 0.